The third-order valence-electron chi connectivity index (χ3n) is 1.41. The molecule has 3 nitrogen and oxygen atoms in total. The summed E-state index contributed by atoms with van der Waals surface area (Å²) < 4.78 is 5.35. The van der Waals surface area contributed by atoms with Gasteiger partial charge in [0.15, 0.2) is 5.75 Å². The SMILES string of the molecule is CCOc1cc(C)sc1NC(C)=O. The minimum Gasteiger partial charge on any atom is -0.491 e. The predicted octanol–water partition coefficient (Wildman–Crippen LogP) is 2.41. The molecule has 1 amide bonds. The van der Waals surface area contributed by atoms with Gasteiger partial charge in [-0.3, -0.25) is 4.79 Å². The Kier molecular flexibility index (Phi) is 3.31. The Morgan fingerprint density at radius 3 is 2.92 bits per heavy atom. The van der Waals surface area contributed by atoms with Crippen LogP contribution in [-0.4, -0.2) is 12.5 Å². The van der Waals surface area contributed by atoms with Gasteiger partial charge in [-0.05, 0) is 19.9 Å². The fraction of sp³-hybridized carbons (Fsp3) is 0.444. The van der Waals surface area contributed by atoms with Crippen LogP contribution in [0.4, 0.5) is 5.00 Å². The second-order valence-corrected chi connectivity index (χ2v) is 3.92. The van der Waals surface area contributed by atoms with Gasteiger partial charge in [-0.25, -0.2) is 0 Å². The van der Waals surface area contributed by atoms with Gasteiger partial charge in [-0.15, -0.1) is 11.3 Å². The number of thiophene rings is 1. The van der Waals surface area contributed by atoms with E-state index in [1.165, 1.54) is 18.3 Å². The molecule has 0 atom stereocenters. The van der Waals surface area contributed by atoms with Gasteiger partial charge in [0.2, 0.25) is 5.91 Å². The molecule has 0 radical (unpaired) electrons. The summed E-state index contributed by atoms with van der Waals surface area (Å²) in [5.74, 6) is 0.697. The lowest BCUT2D eigenvalue weighted by Crippen LogP contribution is -2.05. The number of aryl methyl sites for hydroxylation is 1. The quantitative estimate of drug-likeness (QED) is 0.811. The first-order valence-electron chi connectivity index (χ1n) is 4.14. The van der Waals surface area contributed by atoms with Crippen LogP contribution in [0.25, 0.3) is 0 Å². The van der Waals surface area contributed by atoms with E-state index in [1.54, 1.807) is 0 Å². The largest absolute Gasteiger partial charge is 0.491 e. The summed E-state index contributed by atoms with van der Waals surface area (Å²) in [6.07, 6.45) is 0. The van der Waals surface area contributed by atoms with Crippen LogP contribution in [0.1, 0.15) is 18.7 Å². The van der Waals surface area contributed by atoms with Crippen molar-refractivity contribution in [3.8, 4) is 5.75 Å². The summed E-state index contributed by atoms with van der Waals surface area (Å²) in [7, 11) is 0. The zero-order valence-electron chi connectivity index (χ0n) is 8.01. The van der Waals surface area contributed by atoms with Crippen LogP contribution in [0.2, 0.25) is 0 Å². The molecule has 1 aromatic rings. The van der Waals surface area contributed by atoms with Crippen molar-refractivity contribution in [2.24, 2.45) is 0 Å². The molecular formula is C9H13NO2S. The first-order valence-corrected chi connectivity index (χ1v) is 4.96. The van der Waals surface area contributed by atoms with Gasteiger partial charge in [0.1, 0.15) is 5.00 Å². The lowest BCUT2D eigenvalue weighted by molar-refractivity contribution is -0.114. The summed E-state index contributed by atoms with van der Waals surface area (Å²) in [5, 5.41) is 3.53. The Morgan fingerprint density at radius 1 is 1.69 bits per heavy atom. The highest BCUT2D eigenvalue weighted by molar-refractivity contribution is 7.16. The second-order valence-electron chi connectivity index (χ2n) is 2.66. The average molecular weight is 199 g/mol. The van der Waals surface area contributed by atoms with E-state index in [0.717, 1.165) is 15.6 Å². The summed E-state index contributed by atoms with van der Waals surface area (Å²) in [6.45, 7) is 6.01. The van der Waals surface area contributed by atoms with Gasteiger partial charge < -0.3 is 10.1 Å². The van der Waals surface area contributed by atoms with Gasteiger partial charge >= 0.3 is 0 Å². The minimum absolute atomic E-state index is 0.0668. The zero-order chi connectivity index (χ0) is 9.84. The first-order chi connectivity index (χ1) is 6.13. The molecule has 0 bridgehead atoms. The number of amides is 1. The Morgan fingerprint density at radius 2 is 2.38 bits per heavy atom. The van der Waals surface area contributed by atoms with Crippen LogP contribution in [-0.2, 0) is 4.79 Å². The number of hydrogen-bond acceptors (Lipinski definition) is 3. The topological polar surface area (TPSA) is 38.3 Å². The van der Waals surface area contributed by atoms with Crippen LogP contribution in [0.5, 0.6) is 5.75 Å². The van der Waals surface area contributed by atoms with Crippen molar-refractivity contribution in [3.63, 3.8) is 0 Å². The maximum absolute atomic E-state index is 10.8. The lowest BCUT2D eigenvalue weighted by atomic mass is 10.4. The molecule has 13 heavy (non-hydrogen) atoms. The maximum Gasteiger partial charge on any atom is 0.221 e. The van der Waals surface area contributed by atoms with Crippen LogP contribution in [0, 0.1) is 6.92 Å². The van der Waals surface area contributed by atoms with Crippen molar-refractivity contribution < 1.29 is 9.53 Å². The number of carbonyl (C=O) groups is 1. The Bertz CT molecular complexity index is 307. The van der Waals surface area contributed by atoms with Crippen LogP contribution < -0.4 is 10.1 Å². The number of nitrogens with one attached hydrogen (secondary N) is 1. The number of anilines is 1. The Balaban J connectivity index is 2.83. The van der Waals surface area contributed by atoms with Gasteiger partial charge in [0.05, 0.1) is 6.61 Å². The first kappa shape index (κ1) is 10.1. The van der Waals surface area contributed by atoms with E-state index in [-0.39, 0.29) is 5.91 Å². The van der Waals surface area contributed by atoms with Crippen molar-refractivity contribution in [1.82, 2.24) is 0 Å². The normalized spacial score (nSPS) is 9.77. The van der Waals surface area contributed by atoms with Gasteiger partial charge in [-0.1, -0.05) is 0 Å². The fourth-order valence-electron chi connectivity index (χ4n) is 1.00. The molecule has 0 aliphatic rings. The van der Waals surface area contributed by atoms with Gasteiger partial charge in [-0.2, -0.15) is 0 Å². The summed E-state index contributed by atoms with van der Waals surface area (Å²) >= 11 is 1.53. The molecule has 1 heterocycles. The van der Waals surface area contributed by atoms with E-state index in [0.29, 0.717) is 6.61 Å². The minimum atomic E-state index is -0.0668. The van der Waals surface area contributed by atoms with Gasteiger partial charge in [0, 0.05) is 11.8 Å². The van der Waals surface area contributed by atoms with Crippen molar-refractivity contribution in [1.29, 1.82) is 0 Å². The molecular weight excluding hydrogens is 186 g/mol. The van der Waals surface area contributed by atoms with E-state index >= 15 is 0 Å². The van der Waals surface area contributed by atoms with Crippen molar-refractivity contribution in [3.05, 3.63) is 10.9 Å². The highest BCUT2D eigenvalue weighted by Gasteiger charge is 2.08. The molecule has 0 fully saturated rings. The molecule has 72 valence electrons. The van der Waals surface area contributed by atoms with E-state index in [9.17, 15) is 4.79 Å². The zero-order valence-corrected chi connectivity index (χ0v) is 8.83. The third kappa shape index (κ3) is 2.73. The van der Waals surface area contributed by atoms with E-state index < -0.39 is 0 Å². The molecule has 1 aromatic heterocycles. The number of carbonyl (C=O) groups excluding carboxylic acids is 1. The van der Waals surface area contributed by atoms with Crippen LogP contribution in [0.15, 0.2) is 6.07 Å². The Hall–Kier alpha value is -1.03. The molecule has 0 aliphatic heterocycles. The smallest absolute Gasteiger partial charge is 0.221 e. The van der Waals surface area contributed by atoms with Crippen molar-refractivity contribution >= 4 is 22.2 Å². The fourth-order valence-corrected chi connectivity index (χ4v) is 1.90. The maximum atomic E-state index is 10.8. The molecule has 0 aromatic carbocycles. The lowest BCUT2D eigenvalue weighted by Gasteiger charge is -2.03. The van der Waals surface area contributed by atoms with Crippen molar-refractivity contribution in [2.45, 2.75) is 20.8 Å². The molecule has 1 rings (SSSR count). The molecule has 4 heteroatoms. The molecule has 0 aliphatic carbocycles. The predicted molar refractivity (Wildman–Crippen MR) is 54.5 cm³/mol. The molecule has 0 spiro atoms. The molecule has 1 N–H and O–H groups in total. The van der Waals surface area contributed by atoms with E-state index in [2.05, 4.69) is 5.32 Å². The summed E-state index contributed by atoms with van der Waals surface area (Å²) in [6, 6.07) is 1.93. The highest BCUT2D eigenvalue weighted by Crippen LogP contribution is 2.34. The number of hydrogen-bond donors (Lipinski definition) is 1. The van der Waals surface area contributed by atoms with Crippen molar-refractivity contribution in [2.75, 3.05) is 11.9 Å². The highest BCUT2D eigenvalue weighted by atomic mass is 32.1. The van der Waals surface area contributed by atoms with E-state index in [1.807, 2.05) is 19.9 Å². The molecule has 0 saturated heterocycles. The number of rotatable bonds is 3. The Labute approximate surface area is 81.7 Å². The third-order valence-corrected chi connectivity index (χ3v) is 2.36. The van der Waals surface area contributed by atoms with Gasteiger partial charge in [0.25, 0.3) is 0 Å². The van der Waals surface area contributed by atoms with Crippen LogP contribution >= 0.6 is 11.3 Å². The molecule has 0 saturated carbocycles. The monoisotopic (exact) mass is 199 g/mol. The van der Waals surface area contributed by atoms with E-state index in [4.69, 9.17) is 4.74 Å². The second kappa shape index (κ2) is 4.28. The molecule has 0 unspecified atom stereocenters. The van der Waals surface area contributed by atoms with Crippen LogP contribution in [0.3, 0.4) is 0 Å². The summed E-state index contributed by atoms with van der Waals surface area (Å²) in [4.78, 5) is 12.0. The number of ether oxygens (including phenoxy) is 1. The average Bonchev–Trinajstić information content (AvgIpc) is 2.31. The summed E-state index contributed by atoms with van der Waals surface area (Å²) in [5.41, 5.74) is 0. The standard InChI is InChI=1S/C9H13NO2S/c1-4-12-8-5-6(2)13-9(8)10-7(3)11/h5H,4H2,1-3H3,(H,10,11).